The smallest absolute Gasteiger partial charge is 0.307 e. The van der Waals surface area contributed by atoms with Gasteiger partial charge in [0.25, 0.3) is 0 Å². The molecule has 0 atom stereocenters. The Morgan fingerprint density at radius 3 is 2.58 bits per heavy atom. The highest BCUT2D eigenvalue weighted by Crippen LogP contribution is 2.21. The topological polar surface area (TPSA) is 66.4 Å². The number of carboxylic acids is 1. The summed E-state index contributed by atoms with van der Waals surface area (Å²) in [6, 6.07) is 4.05. The minimum atomic E-state index is -1.09. The van der Waals surface area contributed by atoms with Gasteiger partial charge in [-0.1, -0.05) is 18.2 Å². The fraction of sp³-hybridized carbons (Fsp3) is 0.286. The van der Waals surface area contributed by atoms with Crippen LogP contribution in [0.25, 0.3) is 0 Å². The van der Waals surface area contributed by atoms with Crippen LogP contribution in [0.1, 0.15) is 18.4 Å². The highest BCUT2D eigenvalue weighted by molar-refractivity contribution is 5.93. The van der Waals surface area contributed by atoms with Crippen LogP contribution in [0.15, 0.2) is 30.4 Å². The summed E-state index contributed by atoms with van der Waals surface area (Å²) < 4.78 is 13.6. The van der Waals surface area contributed by atoms with Crippen molar-refractivity contribution < 1.29 is 19.1 Å². The van der Waals surface area contributed by atoms with Gasteiger partial charge in [-0.3, -0.25) is 9.59 Å². The van der Waals surface area contributed by atoms with Crippen LogP contribution in [0.4, 0.5) is 10.1 Å². The molecular weight excluding hydrogens is 249 g/mol. The van der Waals surface area contributed by atoms with Gasteiger partial charge in [-0.25, -0.2) is 4.39 Å². The summed E-state index contributed by atoms with van der Waals surface area (Å²) in [5.74, 6) is -1.95. The Hall–Kier alpha value is -2.17. The van der Waals surface area contributed by atoms with E-state index in [2.05, 4.69) is 5.32 Å². The Kier molecular flexibility index (Phi) is 3.94. The normalized spacial score (nSPS) is 14.6. The molecular formula is C14H14FNO3. The van der Waals surface area contributed by atoms with Crippen molar-refractivity contribution in [2.75, 3.05) is 5.32 Å². The van der Waals surface area contributed by atoms with Gasteiger partial charge in [0, 0.05) is 11.6 Å². The fourth-order valence-electron chi connectivity index (χ4n) is 2.01. The monoisotopic (exact) mass is 263 g/mol. The number of hydrogen-bond acceptors (Lipinski definition) is 2. The Bertz CT molecular complexity index is 531. The number of rotatable bonds is 4. The summed E-state index contributed by atoms with van der Waals surface area (Å²) in [5, 5.41) is 11.2. The van der Waals surface area contributed by atoms with Crippen molar-refractivity contribution in [3.05, 3.63) is 41.7 Å². The number of allylic oxidation sites excluding steroid dienone is 2. The minimum absolute atomic E-state index is 0.0956. The van der Waals surface area contributed by atoms with Crippen molar-refractivity contribution in [1.29, 1.82) is 0 Å². The molecule has 0 radical (unpaired) electrons. The van der Waals surface area contributed by atoms with Gasteiger partial charge in [0.1, 0.15) is 5.82 Å². The van der Waals surface area contributed by atoms with Gasteiger partial charge in [-0.15, -0.1) is 0 Å². The Morgan fingerprint density at radius 2 is 2.00 bits per heavy atom. The molecule has 1 amide bonds. The van der Waals surface area contributed by atoms with E-state index in [1.807, 2.05) is 12.2 Å². The van der Waals surface area contributed by atoms with Crippen molar-refractivity contribution in [2.24, 2.45) is 5.92 Å². The van der Waals surface area contributed by atoms with Crippen LogP contribution >= 0.6 is 0 Å². The molecule has 0 bridgehead atoms. The maximum atomic E-state index is 13.6. The van der Waals surface area contributed by atoms with E-state index in [9.17, 15) is 14.0 Å². The molecule has 2 N–H and O–H groups in total. The summed E-state index contributed by atoms with van der Waals surface area (Å²) in [7, 11) is 0. The van der Waals surface area contributed by atoms with Gasteiger partial charge in [-0.05, 0) is 30.5 Å². The lowest BCUT2D eigenvalue weighted by Gasteiger charge is -2.11. The zero-order valence-corrected chi connectivity index (χ0v) is 10.2. The highest BCUT2D eigenvalue weighted by Gasteiger charge is 2.19. The molecule has 0 heterocycles. The number of halogens is 1. The second kappa shape index (κ2) is 5.65. The molecule has 0 saturated heterocycles. The molecule has 0 aliphatic heterocycles. The molecule has 1 aliphatic carbocycles. The summed E-state index contributed by atoms with van der Waals surface area (Å²) >= 11 is 0. The molecule has 1 aromatic carbocycles. The lowest BCUT2D eigenvalue weighted by molar-refractivity contribution is -0.136. The number of carbonyl (C=O) groups is 2. The highest BCUT2D eigenvalue weighted by atomic mass is 19.1. The number of aliphatic carboxylic acids is 1. The van der Waals surface area contributed by atoms with Gasteiger partial charge >= 0.3 is 5.97 Å². The van der Waals surface area contributed by atoms with Crippen LogP contribution in [0.5, 0.6) is 0 Å². The first-order valence-corrected chi connectivity index (χ1v) is 6.02. The molecule has 100 valence electrons. The van der Waals surface area contributed by atoms with Crippen molar-refractivity contribution in [1.82, 2.24) is 0 Å². The van der Waals surface area contributed by atoms with E-state index in [1.54, 1.807) is 0 Å². The number of amides is 1. The van der Waals surface area contributed by atoms with Crippen molar-refractivity contribution in [2.45, 2.75) is 19.3 Å². The van der Waals surface area contributed by atoms with Crippen molar-refractivity contribution in [3.63, 3.8) is 0 Å². The molecule has 19 heavy (non-hydrogen) atoms. The van der Waals surface area contributed by atoms with E-state index >= 15 is 0 Å². The quantitative estimate of drug-likeness (QED) is 0.819. The predicted octanol–water partition coefficient (Wildman–Crippen LogP) is 2.36. The zero-order valence-electron chi connectivity index (χ0n) is 10.2. The van der Waals surface area contributed by atoms with Gasteiger partial charge in [0.2, 0.25) is 5.91 Å². The minimum Gasteiger partial charge on any atom is -0.481 e. The van der Waals surface area contributed by atoms with E-state index < -0.39 is 11.8 Å². The molecule has 0 fully saturated rings. The molecule has 0 spiro atoms. The summed E-state index contributed by atoms with van der Waals surface area (Å²) in [6.07, 6.45) is 4.92. The number of anilines is 1. The molecule has 1 aliphatic rings. The number of carbonyl (C=O) groups excluding carboxylic acids is 1. The van der Waals surface area contributed by atoms with Crippen LogP contribution in [-0.2, 0) is 16.0 Å². The molecule has 1 aromatic rings. The van der Waals surface area contributed by atoms with Gasteiger partial charge < -0.3 is 10.4 Å². The third-order valence-corrected chi connectivity index (χ3v) is 3.04. The van der Waals surface area contributed by atoms with E-state index in [0.717, 1.165) is 6.07 Å². The second-order valence-corrected chi connectivity index (χ2v) is 4.51. The average molecular weight is 263 g/mol. The summed E-state index contributed by atoms with van der Waals surface area (Å²) in [4.78, 5) is 22.3. The van der Waals surface area contributed by atoms with E-state index in [1.165, 1.54) is 12.1 Å². The largest absolute Gasteiger partial charge is 0.481 e. The van der Waals surface area contributed by atoms with Crippen LogP contribution in [0, 0.1) is 11.7 Å². The van der Waals surface area contributed by atoms with Crippen molar-refractivity contribution >= 4 is 17.6 Å². The summed E-state index contributed by atoms with van der Waals surface area (Å²) in [5.41, 5.74) is 0.455. The molecule has 2 rings (SSSR count). The van der Waals surface area contributed by atoms with Gasteiger partial charge in [0.15, 0.2) is 0 Å². The number of hydrogen-bond donors (Lipinski definition) is 2. The number of carboxylic acid groups (broad SMARTS) is 1. The first kappa shape index (κ1) is 13.3. The molecule has 0 saturated carbocycles. The van der Waals surface area contributed by atoms with Crippen LogP contribution in [0.3, 0.4) is 0 Å². The van der Waals surface area contributed by atoms with Crippen LogP contribution < -0.4 is 5.32 Å². The molecule has 0 unspecified atom stereocenters. The fourth-order valence-corrected chi connectivity index (χ4v) is 2.01. The predicted molar refractivity (Wildman–Crippen MR) is 68.2 cm³/mol. The number of benzene rings is 1. The standard InChI is InChI=1S/C14H14FNO3/c15-12-8-11(6-5-10(12)7-13(17)18)16-14(19)9-3-1-2-4-9/h1-2,5-6,8-9H,3-4,7H2,(H,16,19)(H,17,18). The lowest BCUT2D eigenvalue weighted by atomic mass is 10.1. The SMILES string of the molecule is O=C(O)Cc1ccc(NC(=O)C2CC=CC2)cc1F. The van der Waals surface area contributed by atoms with E-state index in [4.69, 9.17) is 5.11 Å². The average Bonchev–Trinajstić information content (AvgIpc) is 2.86. The van der Waals surface area contributed by atoms with Crippen LogP contribution in [-0.4, -0.2) is 17.0 Å². The van der Waals surface area contributed by atoms with E-state index in [-0.39, 0.29) is 23.8 Å². The molecule has 4 nitrogen and oxygen atoms in total. The van der Waals surface area contributed by atoms with Crippen molar-refractivity contribution in [3.8, 4) is 0 Å². The third kappa shape index (κ3) is 3.40. The third-order valence-electron chi connectivity index (χ3n) is 3.04. The van der Waals surface area contributed by atoms with E-state index in [0.29, 0.717) is 18.5 Å². The Morgan fingerprint density at radius 1 is 1.32 bits per heavy atom. The first-order valence-electron chi connectivity index (χ1n) is 6.02. The Labute approximate surface area is 109 Å². The Balaban J connectivity index is 2.03. The summed E-state index contributed by atoms with van der Waals surface area (Å²) in [6.45, 7) is 0. The maximum absolute atomic E-state index is 13.6. The lowest BCUT2D eigenvalue weighted by Crippen LogP contribution is -2.20. The van der Waals surface area contributed by atoms with Gasteiger partial charge in [0.05, 0.1) is 6.42 Å². The molecule has 0 aromatic heterocycles. The first-order chi connectivity index (χ1) is 9.06. The maximum Gasteiger partial charge on any atom is 0.307 e. The number of nitrogens with one attached hydrogen (secondary N) is 1. The molecule has 5 heteroatoms. The zero-order chi connectivity index (χ0) is 13.8. The van der Waals surface area contributed by atoms with Crippen LogP contribution in [0.2, 0.25) is 0 Å². The van der Waals surface area contributed by atoms with Gasteiger partial charge in [-0.2, -0.15) is 0 Å². The second-order valence-electron chi connectivity index (χ2n) is 4.51.